The molecule has 162 valence electrons. The van der Waals surface area contributed by atoms with Gasteiger partial charge in [0.25, 0.3) is 10.1 Å². The number of halogens is 3. The molecule has 0 fully saturated rings. The van der Waals surface area contributed by atoms with Crippen LogP contribution in [0.15, 0.2) is 48.5 Å². The Morgan fingerprint density at radius 3 is 2.00 bits per heavy atom. The third-order valence-corrected chi connectivity index (χ3v) is 6.98. The Morgan fingerprint density at radius 2 is 1.45 bits per heavy atom. The maximum atomic E-state index is 13.0. The van der Waals surface area contributed by atoms with Crippen LogP contribution in [0.25, 0.3) is 10.8 Å². The standard InChI is InChI=1S/C20H13I3O7S/c21-12-9-15(22)18(16(23)10-12)30-20(25)14-6-2-4-11-3-1-5-13(17(11)14)19(24)29-7-8-31(26,27)28/h1-6,9-10H,7-8H2,(H,26,27,28). The Kier molecular flexibility index (Phi) is 8.15. The van der Waals surface area contributed by atoms with Crippen LogP contribution in [-0.4, -0.2) is 37.3 Å². The zero-order valence-electron chi connectivity index (χ0n) is 15.5. The summed E-state index contributed by atoms with van der Waals surface area (Å²) in [5, 5.41) is 0.952. The Balaban J connectivity index is 1.98. The highest BCUT2D eigenvalue weighted by molar-refractivity contribution is 14.1. The van der Waals surface area contributed by atoms with Crippen molar-refractivity contribution in [3.8, 4) is 5.75 Å². The molecule has 0 unspecified atom stereocenters. The van der Waals surface area contributed by atoms with Gasteiger partial charge in [0.2, 0.25) is 0 Å². The van der Waals surface area contributed by atoms with Crippen LogP contribution in [0, 0.1) is 10.7 Å². The summed E-state index contributed by atoms with van der Waals surface area (Å²) >= 11 is 6.36. The molecule has 0 radical (unpaired) electrons. The molecule has 3 rings (SSSR count). The summed E-state index contributed by atoms with van der Waals surface area (Å²) in [6.45, 7) is -0.514. The van der Waals surface area contributed by atoms with Crippen molar-refractivity contribution in [2.24, 2.45) is 0 Å². The highest BCUT2D eigenvalue weighted by atomic mass is 127. The summed E-state index contributed by atoms with van der Waals surface area (Å²) in [5.41, 5.74) is 0.261. The Morgan fingerprint density at radius 1 is 0.903 bits per heavy atom. The summed E-state index contributed by atoms with van der Waals surface area (Å²) in [6.07, 6.45) is 0. The van der Waals surface area contributed by atoms with Crippen molar-refractivity contribution in [3.05, 3.63) is 70.4 Å². The van der Waals surface area contributed by atoms with Crippen molar-refractivity contribution >= 4 is 101 Å². The van der Waals surface area contributed by atoms with Crippen molar-refractivity contribution in [1.29, 1.82) is 0 Å². The van der Waals surface area contributed by atoms with E-state index in [9.17, 15) is 18.0 Å². The topological polar surface area (TPSA) is 107 Å². The molecule has 0 bridgehead atoms. The van der Waals surface area contributed by atoms with Gasteiger partial charge in [-0.2, -0.15) is 8.42 Å². The third-order valence-electron chi connectivity index (χ3n) is 4.08. The molecule has 0 atom stereocenters. The van der Waals surface area contributed by atoms with Crippen LogP contribution in [0.3, 0.4) is 0 Å². The number of hydrogen-bond acceptors (Lipinski definition) is 6. The summed E-state index contributed by atoms with van der Waals surface area (Å²) < 4.78 is 43.7. The molecule has 0 aromatic heterocycles. The second kappa shape index (κ2) is 10.3. The van der Waals surface area contributed by atoms with Crippen LogP contribution in [0.5, 0.6) is 5.75 Å². The first-order valence-electron chi connectivity index (χ1n) is 8.57. The number of rotatable bonds is 6. The molecule has 11 heteroatoms. The van der Waals surface area contributed by atoms with Crippen LogP contribution >= 0.6 is 67.8 Å². The van der Waals surface area contributed by atoms with Gasteiger partial charge in [-0.25, -0.2) is 9.59 Å². The third kappa shape index (κ3) is 6.27. The zero-order chi connectivity index (χ0) is 22.8. The minimum Gasteiger partial charge on any atom is -0.461 e. The van der Waals surface area contributed by atoms with Crippen molar-refractivity contribution in [3.63, 3.8) is 0 Å². The van der Waals surface area contributed by atoms with E-state index in [4.69, 9.17) is 14.0 Å². The van der Waals surface area contributed by atoms with Crippen molar-refractivity contribution in [1.82, 2.24) is 0 Å². The van der Waals surface area contributed by atoms with Crippen LogP contribution in [0.2, 0.25) is 0 Å². The molecule has 0 aliphatic heterocycles. The fourth-order valence-electron chi connectivity index (χ4n) is 2.77. The molecule has 0 amide bonds. The Bertz CT molecular complexity index is 1260. The molecular formula is C20H13I3O7S. The van der Waals surface area contributed by atoms with Gasteiger partial charge in [-0.3, -0.25) is 4.55 Å². The van der Waals surface area contributed by atoms with Gasteiger partial charge < -0.3 is 9.47 Å². The maximum Gasteiger partial charge on any atom is 0.344 e. The molecule has 0 heterocycles. The fraction of sp³-hybridized carbons (Fsp3) is 0.100. The molecule has 31 heavy (non-hydrogen) atoms. The van der Waals surface area contributed by atoms with Crippen LogP contribution in [0.1, 0.15) is 20.7 Å². The van der Waals surface area contributed by atoms with Crippen LogP contribution < -0.4 is 4.74 Å². The van der Waals surface area contributed by atoms with Gasteiger partial charge in [0, 0.05) is 8.96 Å². The van der Waals surface area contributed by atoms with Gasteiger partial charge in [0.05, 0.1) is 18.3 Å². The highest BCUT2D eigenvalue weighted by Crippen LogP contribution is 2.31. The number of hydrogen-bond donors (Lipinski definition) is 1. The first-order valence-corrected chi connectivity index (χ1v) is 13.4. The predicted molar refractivity (Wildman–Crippen MR) is 140 cm³/mol. The Labute approximate surface area is 219 Å². The molecule has 7 nitrogen and oxygen atoms in total. The van der Waals surface area contributed by atoms with Crippen LogP contribution in [0.4, 0.5) is 0 Å². The van der Waals surface area contributed by atoms with E-state index in [1.54, 1.807) is 30.3 Å². The van der Waals surface area contributed by atoms with Gasteiger partial charge in [0.1, 0.15) is 12.4 Å². The van der Waals surface area contributed by atoms with Crippen molar-refractivity contribution in [2.75, 3.05) is 12.4 Å². The van der Waals surface area contributed by atoms with Crippen molar-refractivity contribution < 1.29 is 32.0 Å². The van der Waals surface area contributed by atoms with Gasteiger partial charge in [-0.15, -0.1) is 0 Å². The predicted octanol–water partition coefficient (Wildman–Crippen LogP) is 4.92. The van der Waals surface area contributed by atoms with Gasteiger partial charge in [-0.05, 0) is 97.4 Å². The lowest BCUT2D eigenvalue weighted by atomic mass is 9.99. The van der Waals surface area contributed by atoms with E-state index in [0.717, 1.165) is 10.7 Å². The molecule has 0 saturated carbocycles. The van der Waals surface area contributed by atoms with E-state index >= 15 is 0 Å². The number of carbonyl (C=O) groups is 2. The smallest absolute Gasteiger partial charge is 0.344 e. The van der Waals surface area contributed by atoms with E-state index < -0.39 is 34.4 Å². The average molecular weight is 778 g/mol. The average Bonchev–Trinajstić information content (AvgIpc) is 2.68. The SMILES string of the molecule is O=C(OCCS(=O)(=O)O)c1cccc2cccc(C(=O)Oc3c(I)cc(I)cc3I)c12. The monoisotopic (exact) mass is 778 g/mol. The van der Waals surface area contributed by atoms with E-state index in [1.807, 2.05) is 12.1 Å². The van der Waals surface area contributed by atoms with Gasteiger partial charge in [0.15, 0.2) is 5.75 Å². The number of ether oxygens (including phenoxy) is 2. The van der Waals surface area contributed by atoms with Crippen LogP contribution in [-0.2, 0) is 14.9 Å². The number of fused-ring (bicyclic) bond motifs is 1. The van der Waals surface area contributed by atoms with Crippen molar-refractivity contribution in [2.45, 2.75) is 0 Å². The molecule has 1 N–H and O–H groups in total. The van der Waals surface area contributed by atoms with E-state index in [0.29, 0.717) is 16.5 Å². The molecular weight excluding hydrogens is 765 g/mol. The lowest BCUT2D eigenvalue weighted by Crippen LogP contribution is -2.16. The summed E-state index contributed by atoms with van der Waals surface area (Å²) in [5.74, 6) is -1.74. The summed E-state index contributed by atoms with van der Waals surface area (Å²) in [7, 11) is -4.27. The highest BCUT2D eigenvalue weighted by Gasteiger charge is 2.21. The number of esters is 2. The molecule has 0 aliphatic rings. The molecule has 0 saturated heterocycles. The van der Waals surface area contributed by atoms with E-state index in [1.165, 1.54) is 6.07 Å². The van der Waals surface area contributed by atoms with E-state index in [-0.39, 0.29) is 11.1 Å². The lowest BCUT2D eigenvalue weighted by Gasteiger charge is -2.13. The number of benzene rings is 3. The largest absolute Gasteiger partial charge is 0.461 e. The van der Waals surface area contributed by atoms with E-state index in [2.05, 4.69) is 67.8 Å². The summed E-state index contributed by atoms with van der Waals surface area (Å²) in [6, 6.07) is 13.6. The quantitative estimate of drug-likeness (QED) is 0.164. The zero-order valence-corrected chi connectivity index (χ0v) is 22.8. The number of carbonyl (C=O) groups excluding carboxylic acids is 2. The minimum absolute atomic E-state index is 0.0902. The first kappa shape index (κ1) is 24.6. The fourth-order valence-corrected chi connectivity index (χ4v) is 6.87. The molecule has 3 aromatic rings. The maximum absolute atomic E-state index is 13.0. The second-order valence-electron chi connectivity index (χ2n) is 6.22. The van der Waals surface area contributed by atoms with Gasteiger partial charge >= 0.3 is 11.9 Å². The minimum atomic E-state index is -4.27. The molecule has 3 aromatic carbocycles. The van der Waals surface area contributed by atoms with Gasteiger partial charge in [-0.1, -0.05) is 24.3 Å². The Hall–Kier alpha value is -1.04. The summed E-state index contributed by atoms with van der Waals surface area (Å²) in [4.78, 5) is 25.6. The lowest BCUT2D eigenvalue weighted by molar-refractivity contribution is 0.0530. The molecule has 0 spiro atoms. The first-order chi connectivity index (χ1) is 14.6. The molecule has 0 aliphatic carbocycles. The second-order valence-corrected chi connectivity index (χ2v) is 11.4. The normalized spacial score (nSPS) is 11.4.